The molecule has 2 bridgehead atoms. The number of phenolic OH excluding ortho intramolecular Hbond substituents is 2. The van der Waals surface area contributed by atoms with Crippen molar-refractivity contribution in [1.82, 2.24) is 0 Å². The van der Waals surface area contributed by atoms with Gasteiger partial charge in [0.15, 0.2) is 11.5 Å². The smallest absolute Gasteiger partial charge is 0.311 e. The monoisotopic (exact) mass is 480 g/mol. The van der Waals surface area contributed by atoms with E-state index in [-0.39, 0.29) is 39.6 Å². The number of carbonyl (C=O) groups is 1. The highest BCUT2D eigenvalue weighted by atomic mass is 16.5. The number of ether oxygens (including phenoxy) is 1. The minimum absolute atomic E-state index is 0.000258. The lowest BCUT2D eigenvalue weighted by Gasteiger charge is -2.54. The average Bonchev–Trinajstić information content (AvgIpc) is 3.00. The number of aromatic hydroxyl groups is 2. The van der Waals surface area contributed by atoms with Crippen molar-refractivity contribution in [3.8, 4) is 11.5 Å². The standard InChI is InChI=1S/C31H44O4/c1-18-14-21-20-8-9-28(3)10-11-30(5,27(34)35-7)17-24(28)29(4,16-20)12-13-31(21,6)22-15-23(32)26(33)19(2)25(18)22/h14-15,18,20,24,32-33H,8-13,16-17H2,1-7H3/t18?,20-,24-,28+,29-,30-,31-/m1/s1. The number of phenols is 2. The lowest BCUT2D eigenvalue weighted by molar-refractivity contribution is -0.160. The Bertz CT molecular complexity index is 1100. The van der Waals surface area contributed by atoms with Gasteiger partial charge in [0.05, 0.1) is 12.5 Å². The third-order valence-electron chi connectivity index (χ3n) is 11.4. The molecule has 4 nitrogen and oxygen atoms in total. The Balaban J connectivity index is 1.61. The Morgan fingerprint density at radius 3 is 2.37 bits per heavy atom. The average molecular weight is 481 g/mol. The number of benzene rings is 1. The Morgan fingerprint density at radius 2 is 1.69 bits per heavy atom. The Morgan fingerprint density at radius 1 is 1.00 bits per heavy atom. The van der Waals surface area contributed by atoms with E-state index in [1.165, 1.54) is 31.1 Å². The summed E-state index contributed by atoms with van der Waals surface area (Å²) < 4.78 is 5.28. The lowest BCUT2D eigenvalue weighted by Crippen LogP contribution is -2.48. The lowest BCUT2D eigenvalue weighted by atomic mass is 9.50. The predicted octanol–water partition coefficient (Wildman–Crippen LogP) is 7.29. The molecule has 0 saturated heterocycles. The molecule has 7 atom stereocenters. The molecular formula is C31H44O4. The maximum absolute atomic E-state index is 12.8. The van der Waals surface area contributed by atoms with Crippen molar-refractivity contribution in [2.75, 3.05) is 7.11 Å². The van der Waals surface area contributed by atoms with Crippen molar-refractivity contribution >= 4 is 5.97 Å². The highest BCUT2D eigenvalue weighted by Crippen LogP contribution is 2.67. The second-order valence-electron chi connectivity index (χ2n) is 13.6. The van der Waals surface area contributed by atoms with E-state index in [0.29, 0.717) is 11.8 Å². The summed E-state index contributed by atoms with van der Waals surface area (Å²) in [5, 5.41) is 21.1. The Kier molecular flexibility index (Phi) is 5.48. The van der Waals surface area contributed by atoms with Gasteiger partial charge in [-0.1, -0.05) is 39.3 Å². The molecule has 0 heterocycles. The van der Waals surface area contributed by atoms with Gasteiger partial charge in [-0.15, -0.1) is 0 Å². The minimum Gasteiger partial charge on any atom is -0.504 e. The van der Waals surface area contributed by atoms with Gasteiger partial charge in [0.25, 0.3) is 0 Å². The molecule has 1 unspecified atom stereocenters. The SMILES string of the molecule is COC(=O)[C@]1(C)CC[C@]2(C)CC[C@@H]3C[C@@](C)(CC[C@]4(C)C3=CC(C)c3c4cc(O)c(O)c3C)[C@@H]2C1. The molecule has 192 valence electrons. The number of hydrogen-bond acceptors (Lipinski definition) is 4. The van der Waals surface area contributed by atoms with Crippen LogP contribution in [0.25, 0.3) is 0 Å². The normalized spacial score (nSPS) is 42.5. The van der Waals surface area contributed by atoms with Gasteiger partial charge in [-0.3, -0.25) is 4.79 Å². The van der Waals surface area contributed by atoms with Gasteiger partial charge in [0, 0.05) is 5.41 Å². The molecule has 0 spiro atoms. The van der Waals surface area contributed by atoms with E-state index in [0.717, 1.165) is 44.1 Å². The molecule has 4 aliphatic carbocycles. The van der Waals surface area contributed by atoms with Gasteiger partial charge < -0.3 is 14.9 Å². The molecule has 0 radical (unpaired) electrons. The van der Waals surface area contributed by atoms with Crippen LogP contribution in [0.2, 0.25) is 0 Å². The van der Waals surface area contributed by atoms with Crippen LogP contribution in [-0.2, 0) is 14.9 Å². The van der Waals surface area contributed by atoms with Crippen LogP contribution < -0.4 is 0 Å². The van der Waals surface area contributed by atoms with Crippen LogP contribution in [0.1, 0.15) is 109 Å². The highest BCUT2D eigenvalue weighted by Gasteiger charge is 2.58. The number of esters is 1. The van der Waals surface area contributed by atoms with Crippen molar-refractivity contribution in [2.24, 2.45) is 28.1 Å². The summed E-state index contributed by atoms with van der Waals surface area (Å²) in [5.41, 5.74) is 4.61. The van der Waals surface area contributed by atoms with Gasteiger partial charge in [-0.25, -0.2) is 0 Å². The Hall–Kier alpha value is -1.97. The van der Waals surface area contributed by atoms with E-state index in [4.69, 9.17) is 4.74 Å². The molecule has 4 heteroatoms. The first-order valence-corrected chi connectivity index (χ1v) is 13.6. The Labute approximate surface area is 211 Å². The van der Waals surface area contributed by atoms with Crippen LogP contribution in [0.5, 0.6) is 11.5 Å². The molecule has 3 saturated carbocycles. The van der Waals surface area contributed by atoms with Crippen molar-refractivity contribution < 1.29 is 19.7 Å². The fourth-order valence-electron chi connectivity index (χ4n) is 9.15. The maximum Gasteiger partial charge on any atom is 0.311 e. The zero-order valence-electron chi connectivity index (χ0n) is 22.8. The van der Waals surface area contributed by atoms with E-state index in [1.807, 2.05) is 13.0 Å². The molecule has 35 heavy (non-hydrogen) atoms. The van der Waals surface area contributed by atoms with Gasteiger partial charge in [0.2, 0.25) is 0 Å². The number of rotatable bonds is 1. The first kappa shape index (κ1) is 24.7. The van der Waals surface area contributed by atoms with E-state index in [1.54, 1.807) is 5.57 Å². The number of methoxy groups -OCH3 is 1. The highest BCUT2D eigenvalue weighted by molar-refractivity contribution is 5.76. The minimum atomic E-state index is -0.397. The number of allylic oxidation sites excluding steroid dienone is 2. The van der Waals surface area contributed by atoms with Crippen LogP contribution in [-0.4, -0.2) is 23.3 Å². The topological polar surface area (TPSA) is 66.8 Å². The zero-order valence-corrected chi connectivity index (χ0v) is 22.8. The van der Waals surface area contributed by atoms with E-state index in [9.17, 15) is 15.0 Å². The molecule has 0 amide bonds. The number of fused-ring (bicyclic) bond motifs is 8. The maximum atomic E-state index is 12.8. The fraction of sp³-hybridized carbons (Fsp3) is 0.710. The summed E-state index contributed by atoms with van der Waals surface area (Å²) in [7, 11) is 1.53. The van der Waals surface area contributed by atoms with Crippen molar-refractivity contribution in [1.29, 1.82) is 0 Å². The van der Waals surface area contributed by atoms with Crippen LogP contribution >= 0.6 is 0 Å². The molecule has 3 fully saturated rings. The zero-order chi connectivity index (χ0) is 25.6. The summed E-state index contributed by atoms with van der Waals surface area (Å²) in [6.45, 7) is 13.7. The molecule has 4 aliphatic rings. The van der Waals surface area contributed by atoms with Crippen molar-refractivity contribution in [2.45, 2.75) is 104 Å². The van der Waals surface area contributed by atoms with Crippen molar-refractivity contribution in [3.63, 3.8) is 0 Å². The van der Waals surface area contributed by atoms with E-state index >= 15 is 0 Å². The van der Waals surface area contributed by atoms with Crippen LogP contribution in [0.15, 0.2) is 17.7 Å². The quantitative estimate of drug-likeness (QED) is 0.251. The summed E-state index contributed by atoms with van der Waals surface area (Å²) in [6, 6.07) is 1.85. The second-order valence-corrected chi connectivity index (χ2v) is 13.6. The predicted molar refractivity (Wildman–Crippen MR) is 139 cm³/mol. The number of hydrogen-bond donors (Lipinski definition) is 2. The first-order valence-electron chi connectivity index (χ1n) is 13.6. The number of carbonyl (C=O) groups excluding carboxylic acids is 1. The molecule has 1 aromatic carbocycles. The third kappa shape index (κ3) is 3.41. The van der Waals surface area contributed by atoms with Crippen LogP contribution in [0.3, 0.4) is 0 Å². The van der Waals surface area contributed by atoms with Crippen LogP contribution in [0, 0.1) is 35.0 Å². The molecule has 2 N–H and O–H groups in total. The first-order chi connectivity index (χ1) is 16.3. The third-order valence-corrected chi connectivity index (χ3v) is 11.4. The molecule has 0 aliphatic heterocycles. The summed E-state index contributed by atoms with van der Waals surface area (Å²) >= 11 is 0. The van der Waals surface area contributed by atoms with Gasteiger partial charge in [-0.2, -0.15) is 0 Å². The van der Waals surface area contributed by atoms with Gasteiger partial charge in [-0.05, 0) is 117 Å². The summed E-state index contributed by atoms with van der Waals surface area (Å²) in [6.07, 6.45) is 11.1. The molecule has 0 aromatic heterocycles. The van der Waals surface area contributed by atoms with Gasteiger partial charge >= 0.3 is 5.97 Å². The van der Waals surface area contributed by atoms with Crippen LogP contribution in [0.4, 0.5) is 0 Å². The van der Waals surface area contributed by atoms with Crippen molar-refractivity contribution in [3.05, 3.63) is 34.4 Å². The largest absolute Gasteiger partial charge is 0.504 e. The second kappa shape index (κ2) is 7.76. The summed E-state index contributed by atoms with van der Waals surface area (Å²) in [4.78, 5) is 12.8. The summed E-state index contributed by atoms with van der Waals surface area (Å²) in [5.74, 6) is 1.18. The fourth-order valence-corrected chi connectivity index (χ4v) is 9.15. The molecule has 1 aromatic rings. The molecule has 5 rings (SSSR count). The van der Waals surface area contributed by atoms with Gasteiger partial charge in [0.1, 0.15) is 0 Å². The van der Waals surface area contributed by atoms with E-state index in [2.05, 4.69) is 40.7 Å². The molecular weight excluding hydrogens is 436 g/mol. The van der Waals surface area contributed by atoms with E-state index < -0.39 is 5.41 Å².